The van der Waals surface area contributed by atoms with E-state index in [0.29, 0.717) is 23.2 Å². The minimum absolute atomic E-state index is 0.0342. The lowest BCUT2D eigenvalue weighted by atomic mass is 9.83. The largest absolute Gasteiger partial charge is 0.435 e. The molecule has 158 valence electrons. The predicted octanol–water partition coefficient (Wildman–Crippen LogP) is 3.63. The molecule has 0 unspecified atom stereocenters. The van der Waals surface area contributed by atoms with Gasteiger partial charge in [-0.3, -0.25) is 9.58 Å². The zero-order valence-corrected chi connectivity index (χ0v) is 17.2. The molecule has 2 aliphatic heterocycles. The minimum atomic E-state index is -4.42. The number of aromatic nitrogens is 2. The van der Waals surface area contributed by atoms with E-state index in [0.717, 1.165) is 45.2 Å². The van der Waals surface area contributed by atoms with Crippen molar-refractivity contribution in [3.63, 3.8) is 0 Å². The van der Waals surface area contributed by atoms with Gasteiger partial charge >= 0.3 is 6.18 Å². The molecule has 0 aromatic carbocycles. The van der Waals surface area contributed by atoms with E-state index in [1.165, 1.54) is 10.7 Å². The molecule has 3 aliphatic rings. The SMILES string of the molecule is CC(C)n1nc(C(F)(F)F)cc1[C@H]1CC[C@H](N2CCC3(C2)CS(=O)(=O)C3)CC1. The second kappa shape index (κ2) is 6.72. The van der Waals surface area contributed by atoms with Gasteiger partial charge < -0.3 is 0 Å². The number of rotatable bonds is 3. The first-order valence-electron chi connectivity index (χ1n) is 10.1. The van der Waals surface area contributed by atoms with Crippen LogP contribution in [-0.4, -0.2) is 53.7 Å². The van der Waals surface area contributed by atoms with Crippen LogP contribution in [0.2, 0.25) is 0 Å². The van der Waals surface area contributed by atoms with Crippen LogP contribution in [0.1, 0.15) is 69.3 Å². The van der Waals surface area contributed by atoms with Gasteiger partial charge in [-0.1, -0.05) is 0 Å². The van der Waals surface area contributed by atoms with Gasteiger partial charge in [-0.25, -0.2) is 8.42 Å². The Balaban J connectivity index is 1.40. The molecular weight excluding hydrogens is 391 g/mol. The number of likely N-dealkylation sites (tertiary alicyclic amines) is 1. The van der Waals surface area contributed by atoms with Crippen molar-refractivity contribution in [3.05, 3.63) is 17.5 Å². The quantitative estimate of drug-likeness (QED) is 0.751. The summed E-state index contributed by atoms with van der Waals surface area (Å²) in [5.74, 6) is 0.738. The number of sulfone groups is 1. The summed E-state index contributed by atoms with van der Waals surface area (Å²) in [6.45, 7) is 5.51. The van der Waals surface area contributed by atoms with Gasteiger partial charge in [-0.15, -0.1) is 0 Å². The van der Waals surface area contributed by atoms with Crippen LogP contribution in [0, 0.1) is 5.41 Å². The summed E-state index contributed by atoms with van der Waals surface area (Å²) < 4.78 is 64.1. The van der Waals surface area contributed by atoms with Crippen molar-refractivity contribution in [2.75, 3.05) is 24.6 Å². The van der Waals surface area contributed by atoms with Crippen LogP contribution in [0.5, 0.6) is 0 Å². The third kappa shape index (κ3) is 3.72. The first-order chi connectivity index (χ1) is 13.0. The molecule has 0 N–H and O–H groups in total. The first-order valence-corrected chi connectivity index (χ1v) is 11.9. The summed E-state index contributed by atoms with van der Waals surface area (Å²) in [5.41, 5.74) is -0.136. The van der Waals surface area contributed by atoms with Gasteiger partial charge in [0.15, 0.2) is 15.5 Å². The Kier molecular flexibility index (Phi) is 4.85. The van der Waals surface area contributed by atoms with Crippen molar-refractivity contribution in [1.82, 2.24) is 14.7 Å². The molecule has 1 spiro atoms. The van der Waals surface area contributed by atoms with Crippen molar-refractivity contribution in [1.29, 1.82) is 0 Å². The Bertz CT molecular complexity index is 827. The molecule has 0 bridgehead atoms. The molecule has 1 aromatic heterocycles. The summed E-state index contributed by atoms with van der Waals surface area (Å²) in [6, 6.07) is 1.54. The number of halogens is 3. The van der Waals surface area contributed by atoms with Gasteiger partial charge in [0.05, 0.1) is 11.5 Å². The van der Waals surface area contributed by atoms with Gasteiger partial charge in [0.2, 0.25) is 0 Å². The van der Waals surface area contributed by atoms with Crippen molar-refractivity contribution in [3.8, 4) is 0 Å². The van der Waals surface area contributed by atoms with E-state index in [1.54, 1.807) is 0 Å². The van der Waals surface area contributed by atoms with E-state index in [4.69, 9.17) is 0 Å². The van der Waals surface area contributed by atoms with E-state index >= 15 is 0 Å². The Labute approximate surface area is 164 Å². The lowest BCUT2D eigenvalue weighted by molar-refractivity contribution is -0.141. The van der Waals surface area contributed by atoms with E-state index in [1.807, 2.05) is 13.8 Å². The van der Waals surface area contributed by atoms with Crippen molar-refractivity contribution in [2.24, 2.45) is 5.41 Å². The monoisotopic (exact) mass is 419 g/mol. The average molecular weight is 420 g/mol. The van der Waals surface area contributed by atoms with Crippen LogP contribution in [0.15, 0.2) is 6.07 Å². The lowest BCUT2D eigenvalue weighted by Gasteiger charge is -2.40. The normalized spacial score (nSPS) is 30.1. The molecule has 2 saturated heterocycles. The number of hydrogen-bond donors (Lipinski definition) is 0. The summed E-state index contributed by atoms with van der Waals surface area (Å²) in [5, 5.41) is 3.83. The Morgan fingerprint density at radius 3 is 2.36 bits per heavy atom. The van der Waals surface area contributed by atoms with Crippen molar-refractivity contribution in [2.45, 2.75) is 70.1 Å². The van der Waals surface area contributed by atoms with Crippen molar-refractivity contribution < 1.29 is 21.6 Å². The first kappa shape index (κ1) is 20.2. The maximum atomic E-state index is 13.1. The fraction of sp³-hybridized carbons (Fsp3) is 0.842. The molecule has 28 heavy (non-hydrogen) atoms. The molecule has 0 amide bonds. The van der Waals surface area contributed by atoms with Crippen LogP contribution >= 0.6 is 0 Å². The number of nitrogens with zero attached hydrogens (tertiary/aromatic N) is 3. The molecule has 0 atom stereocenters. The van der Waals surface area contributed by atoms with Crippen LogP contribution in [0.4, 0.5) is 13.2 Å². The van der Waals surface area contributed by atoms with Crippen LogP contribution < -0.4 is 0 Å². The highest BCUT2D eigenvalue weighted by molar-refractivity contribution is 7.92. The minimum Gasteiger partial charge on any atom is -0.300 e. The van der Waals surface area contributed by atoms with Crippen molar-refractivity contribution >= 4 is 9.84 Å². The molecule has 1 aliphatic carbocycles. The Morgan fingerprint density at radius 2 is 1.82 bits per heavy atom. The summed E-state index contributed by atoms with van der Waals surface area (Å²) >= 11 is 0. The Hall–Kier alpha value is -1.09. The highest BCUT2D eigenvalue weighted by Gasteiger charge is 2.53. The van der Waals surface area contributed by atoms with Gasteiger partial charge in [-0.2, -0.15) is 18.3 Å². The molecular formula is C19H28F3N3O2S. The van der Waals surface area contributed by atoms with Gasteiger partial charge in [-0.05, 0) is 58.6 Å². The maximum Gasteiger partial charge on any atom is 0.435 e. The lowest BCUT2D eigenvalue weighted by Crippen LogP contribution is -2.51. The van der Waals surface area contributed by atoms with E-state index < -0.39 is 21.7 Å². The van der Waals surface area contributed by atoms with Crippen LogP contribution in [0.25, 0.3) is 0 Å². The molecule has 1 saturated carbocycles. The standard InChI is InChI=1S/C19H28F3N3O2S/c1-13(2)25-16(9-17(23-25)19(20,21)22)14-3-5-15(6-4-14)24-8-7-18(10-24)11-28(26,27)12-18/h9,13-15H,3-8,10-12H2,1-2H3/t14-,15-. The smallest absolute Gasteiger partial charge is 0.300 e. The highest BCUT2D eigenvalue weighted by Crippen LogP contribution is 2.45. The van der Waals surface area contributed by atoms with Gasteiger partial charge in [0, 0.05) is 35.7 Å². The second-order valence-corrected chi connectivity index (χ2v) is 11.3. The van der Waals surface area contributed by atoms with E-state index in [-0.39, 0.29) is 17.4 Å². The molecule has 9 heteroatoms. The highest BCUT2D eigenvalue weighted by atomic mass is 32.2. The van der Waals surface area contributed by atoms with Gasteiger partial charge in [0.1, 0.15) is 0 Å². The fourth-order valence-corrected chi connectivity index (χ4v) is 7.66. The maximum absolute atomic E-state index is 13.1. The molecule has 5 nitrogen and oxygen atoms in total. The van der Waals surface area contributed by atoms with E-state index in [2.05, 4.69) is 10.00 Å². The second-order valence-electron chi connectivity index (χ2n) is 9.25. The van der Waals surface area contributed by atoms with Gasteiger partial charge in [0.25, 0.3) is 0 Å². The fourth-order valence-electron chi connectivity index (χ4n) is 5.41. The topological polar surface area (TPSA) is 55.2 Å². The number of alkyl halides is 3. The van der Waals surface area contributed by atoms with Crippen LogP contribution in [-0.2, 0) is 16.0 Å². The predicted molar refractivity (Wildman–Crippen MR) is 99.9 cm³/mol. The zero-order chi connectivity index (χ0) is 20.3. The Morgan fingerprint density at radius 1 is 1.18 bits per heavy atom. The average Bonchev–Trinajstić information content (AvgIpc) is 3.18. The molecule has 0 radical (unpaired) electrons. The summed E-state index contributed by atoms with van der Waals surface area (Å²) in [4.78, 5) is 2.42. The summed E-state index contributed by atoms with van der Waals surface area (Å²) in [6.07, 6.45) is 0.112. The third-order valence-corrected chi connectivity index (χ3v) is 8.80. The molecule has 4 rings (SSSR count). The van der Waals surface area contributed by atoms with Crippen LogP contribution in [0.3, 0.4) is 0 Å². The molecule has 3 heterocycles. The molecule has 1 aromatic rings. The zero-order valence-electron chi connectivity index (χ0n) is 16.4. The summed E-state index contributed by atoms with van der Waals surface area (Å²) in [7, 11) is -2.82. The van der Waals surface area contributed by atoms with E-state index in [9.17, 15) is 21.6 Å². The third-order valence-electron chi connectivity index (χ3n) is 6.70. The number of hydrogen-bond acceptors (Lipinski definition) is 4. The molecule has 3 fully saturated rings.